The second-order valence-corrected chi connectivity index (χ2v) is 13.3. The Morgan fingerprint density at radius 3 is 2.47 bits per heavy atom. The van der Waals surface area contributed by atoms with E-state index in [-0.39, 0.29) is 36.4 Å². The van der Waals surface area contributed by atoms with Gasteiger partial charge in [-0.05, 0) is 88.1 Å². The van der Waals surface area contributed by atoms with Crippen LogP contribution in [0.1, 0.15) is 82.9 Å². The number of carbonyl (C=O) groups is 4. The first-order valence-corrected chi connectivity index (χ1v) is 16.1. The van der Waals surface area contributed by atoms with E-state index in [0.717, 1.165) is 19.3 Å². The highest BCUT2D eigenvalue weighted by Crippen LogP contribution is 2.28. The molecule has 0 radical (unpaired) electrons. The van der Waals surface area contributed by atoms with Gasteiger partial charge in [0.05, 0.1) is 31.1 Å². The molecule has 2 atom stereocenters. The lowest BCUT2D eigenvalue weighted by molar-refractivity contribution is -0.141. The molecule has 1 aromatic heterocycles. The summed E-state index contributed by atoms with van der Waals surface area (Å²) in [7, 11) is 1.27. The van der Waals surface area contributed by atoms with E-state index in [1.807, 2.05) is 20.8 Å². The second-order valence-electron chi connectivity index (χ2n) is 13.3. The second kappa shape index (κ2) is 15.8. The predicted molar refractivity (Wildman–Crippen MR) is 171 cm³/mol. The maximum absolute atomic E-state index is 14.3. The van der Waals surface area contributed by atoms with E-state index in [1.54, 1.807) is 28.0 Å². The fourth-order valence-corrected chi connectivity index (χ4v) is 6.02. The van der Waals surface area contributed by atoms with E-state index < -0.39 is 29.3 Å². The third kappa shape index (κ3) is 9.98. The maximum atomic E-state index is 14.3. The quantitative estimate of drug-likeness (QED) is 0.368. The monoisotopic (exact) mass is 649 g/mol. The molecule has 0 aliphatic carbocycles. The summed E-state index contributed by atoms with van der Waals surface area (Å²) < 4.78 is 24.7. The Balaban J connectivity index is 1.34. The number of likely N-dealkylation sites (tertiary alicyclic amines) is 2. The summed E-state index contributed by atoms with van der Waals surface area (Å²) in [5.41, 5.74) is 0.971. The SMILES string of the molecule is COC(=O)CC(NC(=O)C1CCCN(C(=O)CCC2CCN(C(=O)OC(C)(C)C)CC2)C1)c1cncc(-c2ccc(C#N)c(F)c2)c1. The number of pyridine rings is 1. The third-order valence-electron chi connectivity index (χ3n) is 8.68. The lowest BCUT2D eigenvalue weighted by Gasteiger charge is -2.35. The van der Waals surface area contributed by atoms with Crippen molar-refractivity contribution in [1.29, 1.82) is 5.26 Å². The highest BCUT2D eigenvalue weighted by Gasteiger charge is 2.32. The average molecular weight is 650 g/mol. The first-order chi connectivity index (χ1) is 22.4. The largest absolute Gasteiger partial charge is 0.469 e. The number of amides is 3. The molecule has 1 aromatic carbocycles. The van der Waals surface area contributed by atoms with Gasteiger partial charge in [0.1, 0.15) is 17.5 Å². The standard InChI is InChI=1S/C35H44FN5O6/c1-35(2,3)47-34(45)40-14-11-23(12-15-40)7-10-31(42)41-13-5-6-26(22-41)33(44)39-30(18-32(43)46-4)28-16-27(20-38-21-28)24-8-9-25(19-37)29(36)17-24/h8-9,16-17,20-21,23,26,30H,5-7,10-15,18,22H2,1-4H3,(H,39,44). The van der Waals surface area contributed by atoms with Crippen molar-refractivity contribution in [3.63, 3.8) is 0 Å². The van der Waals surface area contributed by atoms with Crippen LogP contribution in [-0.4, -0.2) is 77.6 Å². The van der Waals surface area contributed by atoms with Crippen LogP contribution in [0.3, 0.4) is 0 Å². The molecule has 4 rings (SSSR count). The topological polar surface area (TPSA) is 142 Å². The number of carbonyl (C=O) groups excluding carboxylic acids is 4. The zero-order valence-corrected chi connectivity index (χ0v) is 27.6. The molecule has 2 aliphatic heterocycles. The van der Waals surface area contributed by atoms with Crippen molar-refractivity contribution >= 4 is 23.9 Å². The number of methoxy groups -OCH3 is 1. The predicted octanol–water partition coefficient (Wildman–Crippen LogP) is 5.15. The van der Waals surface area contributed by atoms with Gasteiger partial charge in [0.2, 0.25) is 11.8 Å². The molecule has 12 heteroatoms. The van der Waals surface area contributed by atoms with Gasteiger partial charge in [-0.2, -0.15) is 5.26 Å². The van der Waals surface area contributed by atoms with Crippen molar-refractivity contribution in [2.75, 3.05) is 33.3 Å². The fourth-order valence-electron chi connectivity index (χ4n) is 6.02. The molecule has 0 bridgehead atoms. The van der Waals surface area contributed by atoms with E-state index >= 15 is 0 Å². The normalized spacial score (nSPS) is 17.7. The molecule has 2 unspecified atom stereocenters. The summed E-state index contributed by atoms with van der Waals surface area (Å²) >= 11 is 0. The summed E-state index contributed by atoms with van der Waals surface area (Å²) in [6.45, 7) is 7.62. The van der Waals surface area contributed by atoms with Crippen molar-refractivity contribution in [2.45, 2.75) is 77.4 Å². The Labute approximate surface area is 275 Å². The molecular weight excluding hydrogens is 605 g/mol. The number of nitriles is 1. The Bertz CT molecular complexity index is 1490. The molecule has 2 aromatic rings. The van der Waals surface area contributed by atoms with Crippen LogP contribution in [0.25, 0.3) is 11.1 Å². The smallest absolute Gasteiger partial charge is 0.410 e. The molecule has 2 saturated heterocycles. The minimum absolute atomic E-state index is 0.00901. The molecule has 47 heavy (non-hydrogen) atoms. The van der Waals surface area contributed by atoms with Crippen LogP contribution in [0.5, 0.6) is 0 Å². The van der Waals surface area contributed by atoms with Crippen LogP contribution in [-0.2, 0) is 23.9 Å². The lowest BCUT2D eigenvalue weighted by atomic mass is 9.91. The van der Waals surface area contributed by atoms with Gasteiger partial charge >= 0.3 is 12.1 Å². The van der Waals surface area contributed by atoms with Gasteiger partial charge in [-0.3, -0.25) is 19.4 Å². The van der Waals surface area contributed by atoms with Crippen LogP contribution in [0.4, 0.5) is 9.18 Å². The Morgan fingerprint density at radius 1 is 1.06 bits per heavy atom. The van der Waals surface area contributed by atoms with Gasteiger partial charge in [-0.15, -0.1) is 0 Å². The number of hydrogen-bond acceptors (Lipinski definition) is 8. The zero-order chi connectivity index (χ0) is 34.1. The molecule has 2 aliphatic rings. The number of halogens is 1. The van der Waals surface area contributed by atoms with Crippen molar-refractivity contribution in [3.8, 4) is 17.2 Å². The van der Waals surface area contributed by atoms with Crippen molar-refractivity contribution in [1.82, 2.24) is 20.1 Å². The van der Waals surface area contributed by atoms with Crippen molar-refractivity contribution in [2.24, 2.45) is 11.8 Å². The van der Waals surface area contributed by atoms with E-state index in [9.17, 15) is 23.6 Å². The van der Waals surface area contributed by atoms with Crippen LogP contribution >= 0.6 is 0 Å². The number of aromatic nitrogens is 1. The Kier molecular flexibility index (Phi) is 11.9. The van der Waals surface area contributed by atoms with Gasteiger partial charge in [-0.25, -0.2) is 9.18 Å². The molecular formula is C35H44FN5O6. The summed E-state index contributed by atoms with van der Waals surface area (Å²) in [5.74, 6) is -1.56. The molecule has 1 N–H and O–H groups in total. The number of hydrogen-bond donors (Lipinski definition) is 1. The zero-order valence-electron chi connectivity index (χ0n) is 27.6. The molecule has 0 spiro atoms. The number of rotatable bonds is 9. The van der Waals surface area contributed by atoms with Gasteiger partial charge in [-0.1, -0.05) is 6.07 Å². The molecule has 252 valence electrons. The van der Waals surface area contributed by atoms with E-state index in [2.05, 4.69) is 10.3 Å². The Hall–Kier alpha value is -4.53. The van der Waals surface area contributed by atoms with Crippen molar-refractivity contribution < 1.29 is 33.0 Å². The molecule has 3 amide bonds. The number of ether oxygens (including phenoxy) is 2. The summed E-state index contributed by atoms with van der Waals surface area (Å²) in [5, 5.41) is 12.0. The van der Waals surface area contributed by atoms with Crippen LogP contribution < -0.4 is 5.32 Å². The highest BCUT2D eigenvalue weighted by atomic mass is 19.1. The molecule has 3 heterocycles. The average Bonchev–Trinajstić information content (AvgIpc) is 3.06. The van der Waals surface area contributed by atoms with E-state index in [4.69, 9.17) is 14.7 Å². The Morgan fingerprint density at radius 2 is 1.81 bits per heavy atom. The van der Waals surface area contributed by atoms with Crippen LogP contribution in [0.15, 0.2) is 36.7 Å². The minimum atomic E-state index is -0.761. The first kappa shape index (κ1) is 35.3. The molecule has 2 fully saturated rings. The molecule has 11 nitrogen and oxygen atoms in total. The van der Waals surface area contributed by atoms with Crippen LogP contribution in [0, 0.1) is 29.0 Å². The van der Waals surface area contributed by atoms with E-state index in [0.29, 0.717) is 61.5 Å². The van der Waals surface area contributed by atoms with Crippen LogP contribution in [0.2, 0.25) is 0 Å². The maximum Gasteiger partial charge on any atom is 0.410 e. The fraction of sp³-hybridized carbons (Fsp3) is 0.543. The van der Waals surface area contributed by atoms with Crippen molar-refractivity contribution in [3.05, 3.63) is 53.6 Å². The summed E-state index contributed by atoms with van der Waals surface area (Å²) in [6.07, 6.45) is 6.65. The van der Waals surface area contributed by atoms with Gasteiger partial charge in [0, 0.05) is 50.6 Å². The number of nitrogens with zero attached hydrogens (tertiary/aromatic N) is 4. The van der Waals surface area contributed by atoms with Gasteiger partial charge in [0.15, 0.2) is 0 Å². The third-order valence-corrected chi connectivity index (χ3v) is 8.68. The minimum Gasteiger partial charge on any atom is -0.469 e. The highest BCUT2D eigenvalue weighted by molar-refractivity contribution is 5.82. The lowest BCUT2D eigenvalue weighted by Crippen LogP contribution is -2.46. The first-order valence-electron chi connectivity index (χ1n) is 16.1. The summed E-state index contributed by atoms with van der Waals surface area (Å²) in [4.78, 5) is 59.1. The number of piperidine rings is 2. The van der Waals surface area contributed by atoms with Gasteiger partial charge in [0.25, 0.3) is 0 Å². The van der Waals surface area contributed by atoms with Gasteiger partial charge < -0.3 is 24.6 Å². The van der Waals surface area contributed by atoms with E-state index in [1.165, 1.54) is 31.6 Å². The number of esters is 1. The number of benzene rings is 1. The summed E-state index contributed by atoms with van der Waals surface area (Å²) in [6, 6.07) is 6.99. The molecule has 0 saturated carbocycles. The number of nitrogens with one attached hydrogen (secondary N) is 1.